The Kier molecular flexibility index (Phi) is 7.08. The number of fused-ring (bicyclic) bond motifs is 1. The van der Waals surface area contributed by atoms with Gasteiger partial charge in [0, 0.05) is 30.9 Å². The lowest BCUT2D eigenvalue weighted by atomic mass is 9.96. The Morgan fingerprint density at radius 3 is 1.95 bits per heavy atom. The Bertz CT molecular complexity index is 1480. The molecule has 0 bridgehead atoms. The Morgan fingerprint density at radius 2 is 1.32 bits per heavy atom. The van der Waals surface area contributed by atoms with Crippen molar-refractivity contribution in [3.63, 3.8) is 0 Å². The largest absolute Gasteiger partial charge is 0.335 e. The standard InChI is InChI=1S/C34H32N2OS/c1-25-16-18-26(19-17-25)24-30-29-14-8-9-15-31(29)38-33(30)34(37)36-22-20-35(21-23-36)32(27-10-4-2-5-11-27)28-12-6-3-7-13-28/h2-19,32H,20-24H2,1H3. The molecule has 1 saturated heterocycles. The minimum atomic E-state index is 0.170. The van der Waals surface area contributed by atoms with Crippen molar-refractivity contribution >= 4 is 27.3 Å². The van der Waals surface area contributed by atoms with Gasteiger partial charge in [0.25, 0.3) is 5.91 Å². The molecule has 0 atom stereocenters. The number of aryl methyl sites for hydroxylation is 1. The van der Waals surface area contributed by atoms with Crippen molar-refractivity contribution in [1.29, 1.82) is 0 Å². The van der Waals surface area contributed by atoms with Gasteiger partial charge >= 0.3 is 0 Å². The minimum Gasteiger partial charge on any atom is -0.335 e. The van der Waals surface area contributed by atoms with Gasteiger partial charge in [-0.15, -0.1) is 11.3 Å². The summed E-state index contributed by atoms with van der Waals surface area (Å²) in [5, 5.41) is 1.20. The van der Waals surface area contributed by atoms with Crippen LogP contribution in [-0.4, -0.2) is 41.9 Å². The number of carbonyl (C=O) groups is 1. The number of rotatable bonds is 6. The summed E-state index contributed by atoms with van der Waals surface area (Å²) < 4.78 is 1.19. The normalized spacial score (nSPS) is 14.3. The third kappa shape index (κ3) is 5.02. The van der Waals surface area contributed by atoms with Gasteiger partial charge in [0.2, 0.25) is 0 Å². The molecule has 1 aliphatic heterocycles. The lowest BCUT2D eigenvalue weighted by Gasteiger charge is -2.39. The van der Waals surface area contributed by atoms with Crippen LogP contribution in [0.4, 0.5) is 0 Å². The predicted octanol–water partition coefficient (Wildman–Crippen LogP) is 7.35. The monoisotopic (exact) mass is 516 g/mol. The van der Waals surface area contributed by atoms with Gasteiger partial charge in [-0.25, -0.2) is 0 Å². The van der Waals surface area contributed by atoms with Crippen LogP contribution in [0.2, 0.25) is 0 Å². The van der Waals surface area contributed by atoms with Crippen LogP contribution in [-0.2, 0) is 6.42 Å². The molecule has 6 rings (SSSR count). The fourth-order valence-corrected chi connectivity index (χ4v) is 6.76. The summed E-state index contributed by atoms with van der Waals surface area (Å²) in [5.41, 5.74) is 6.24. The van der Waals surface area contributed by atoms with Crippen molar-refractivity contribution in [2.24, 2.45) is 0 Å². The van der Waals surface area contributed by atoms with Gasteiger partial charge in [0.05, 0.1) is 10.9 Å². The zero-order valence-electron chi connectivity index (χ0n) is 21.7. The summed E-state index contributed by atoms with van der Waals surface area (Å²) in [6.07, 6.45) is 0.773. The number of carbonyl (C=O) groups excluding carboxylic acids is 1. The van der Waals surface area contributed by atoms with E-state index in [2.05, 4.69) is 126 Å². The molecule has 1 fully saturated rings. The quantitative estimate of drug-likeness (QED) is 0.236. The van der Waals surface area contributed by atoms with E-state index in [0.717, 1.165) is 43.0 Å². The molecule has 0 saturated carbocycles. The molecule has 2 heterocycles. The SMILES string of the molecule is Cc1ccc(Cc2c(C(=O)N3CCN(C(c4ccccc4)c4ccccc4)CC3)sc3ccccc23)cc1. The van der Waals surface area contributed by atoms with Crippen LogP contribution < -0.4 is 0 Å². The van der Waals surface area contributed by atoms with Gasteiger partial charge in [0.15, 0.2) is 0 Å². The molecule has 3 nitrogen and oxygen atoms in total. The van der Waals surface area contributed by atoms with E-state index < -0.39 is 0 Å². The Balaban J connectivity index is 1.25. The molecular weight excluding hydrogens is 484 g/mol. The van der Waals surface area contributed by atoms with Crippen LogP contribution in [0, 0.1) is 6.92 Å². The molecule has 0 N–H and O–H groups in total. The Hall–Kier alpha value is -3.73. The molecule has 190 valence electrons. The molecule has 4 aromatic carbocycles. The first-order valence-corrected chi connectivity index (χ1v) is 14.2. The van der Waals surface area contributed by atoms with E-state index >= 15 is 0 Å². The number of piperazine rings is 1. The van der Waals surface area contributed by atoms with E-state index in [0.29, 0.717) is 0 Å². The molecule has 0 unspecified atom stereocenters. The van der Waals surface area contributed by atoms with Crippen molar-refractivity contribution in [2.45, 2.75) is 19.4 Å². The molecule has 0 aliphatic carbocycles. The van der Waals surface area contributed by atoms with Gasteiger partial charge in [0.1, 0.15) is 0 Å². The highest BCUT2D eigenvalue weighted by molar-refractivity contribution is 7.21. The van der Waals surface area contributed by atoms with Crippen LogP contribution >= 0.6 is 11.3 Å². The molecule has 5 aromatic rings. The van der Waals surface area contributed by atoms with Crippen LogP contribution in [0.3, 0.4) is 0 Å². The average molecular weight is 517 g/mol. The molecule has 4 heteroatoms. The maximum Gasteiger partial charge on any atom is 0.264 e. The van der Waals surface area contributed by atoms with Crippen LogP contribution in [0.5, 0.6) is 0 Å². The second-order valence-electron chi connectivity index (χ2n) is 10.1. The van der Waals surface area contributed by atoms with E-state index in [1.807, 2.05) is 0 Å². The summed E-state index contributed by atoms with van der Waals surface area (Å²) in [6.45, 7) is 5.26. The highest BCUT2D eigenvalue weighted by Gasteiger charge is 2.30. The van der Waals surface area contributed by atoms with Gasteiger partial charge in [-0.1, -0.05) is 109 Å². The molecular formula is C34H32N2OS. The first-order valence-electron chi connectivity index (χ1n) is 13.4. The predicted molar refractivity (Wildman–Crippen MR) is 158 cm³/mol. The fourth-order valence-electron chi connectivity index (χ4n) is 5.57. The van der Waals surface area contributed by atoms with E-state index in [-0.39, 0.29) is 11.9 Å². The third-order valence-electron chi connectivity index (χ3n) is 7.59. The number of hydrogen-bond donors (Lipinski definition) is 0. The number of benzene rings is 4. The van der Waals surface area contributed by atoms with Crippen LogP contribution in [0.15, 0.2) is 109 Å². The van der Waals surface area contributed by atoms with Crippen molar-refractivity contribution in [3.8, 4) is 0 Å². The maximum absolute atomic E-state index is 14.0. The van der Waals surface area contributed by atoms with Gasteiger partial charge < -0.3 is 4.90 Å². The second kappa shape index (κ2) is 10.9. The summed E-state index contributed by atoms with van der Waals surface area (Å²) in [5.74, 6) is 0.170. The molecule has 1 amide bonds. The van der Waals surface area contributed by atoms with Crippen molar-refractivity contribution < 1.29 is 4.79 Å². The highest BCUT2D eigenvalue weighted by Crippen LogP contribution is 2.35. The van der Waals surface area contributed by atoms with Gasteiger partial charge in [-0.3, -0.25) is 9.69 Å². The number of thiophene rings is 1. The third-order valence-corrected chi connectivity index (χ3v) is 8.79. The summed E-state index contributed by atoms with van der Waals surface area (Å²) in [6, 6.07) is 38.7. The van der Waals surface area contributed by atoms with Crippen molar-refractivity contribution in [2.75, 3.05) is 26.2 Å². The van der Waals surface area contributed by atoms with Gasteiger partial charge in [-0.2, -0.15) is 0 Å². The topological polar surface area (TPSA) is 23.6 Å². The summed E-state index contributed by atoms with van der Waals surface area (Å²) >= 11 is 1.64. The minimum absolute atomic E-state index is 0.170. The van der Waals surface area contributed by atoms with Crippen molar-refractivity contribution in [3.05, 3.63) is 142 Å². The Morgan fingerprint density at radius 1 is 0.737 bits per heavy atom. The van der Waals surface area contributed by atoms with E-state index in [9.17, 15) is 4.79 Å². The summed E-state index contributed by atoms with van der Waals surface area (Å²) in [7, 11) is 0. The highest BCUT2D eigenvalue weighted by atomic mass is 32.1. The number of amides is 1. The molecule has 38 heavy (non-hydrogen) atoms. The average Bonchev–Trinajstić information content (AvgIpc) is 3.34. The number of nitrogens with zero attached hydrogens (tertiary/aromatic N) is 2. The smallest absolute Gasteiger partial charge is 0.264 e. The zero-order chi connectivity index (χ0) is 25.9. The van der Waals surface area contributed by atoms with Crippen molar-refractivity contribution in [1.82, 2.24) is 9.80 Å². The molecule has 1 aliphatic rings. The van der Waals surface area contributed by atoms with E-state index in [4.69, 9.17) is 0 Å². The van der Waals surface area contributed by atoms with E-state index in [1.54, 1.807) is 11.3 Å². The lowest BCUT2D eigenvalue weighted by molar-refractivity contribution is 0.0601. The van der Waals surface area contributed by atoms with Crippen LogP contribution in [0.25, 0.3) is 10.1 Å². The lowest BCUT2D eigenvalue weighted by Crippen LogP contribution is -2.49. The molecule has 0 radical (unpaired) electrons. The second-order valence-corrected chi connectivity index (χ2v) is 11.2. The maximum atomic E-state index is 14.0. The Labute approximate surface area is 229 Å². The number of hydrogen-bond acceptors (Lipinski definition) is 3. The van der Waals surface area contributed by atoms with Gasteiger partial charge in [-0.05, 0) is 47.1 Å². The molecule has 1 aromatic heterocycles. The summed E-state index contributed by atoms with van der Waals surface area (Å²) in [4.78, 5) is 19.4. The van der Waals surface area contributed by atoms with E-state index in [1.165, 1.54) is 32.3 Å². The van der Waals surface area contributed by atoms with Crippen LogP contribution in [0.1, 0.15) is 43.5 Å². The molecule has 0 spiro atoms. The fraction of sp³-hybridized carbons (Fsp3) is 0.206. The first-order chi connectivity index (χ1) is 18.7. The first kappa shape index (κ1) is 24.6. The zero-order valence-corrected chi connectivity index (χ0v) is 22.5.